The van der Waals surface area contributed by atoms with Crippen molar-refractivity contribution in [1.82, 2.24) is 0 Å². The van der Waals surface area contributed by atoms with Crippen LogP contribution in [0.15, 0.2) is 24.3 Å². The number of benzene rings is 1. The van der Waals surface area contributed by atoms with E-state index in [9.17, 15) is 0 Å². The highest BCUT2D eigenvalue weighted by Crippen LogP contribution is 2.08. The molecule has 1 aromatic rings. The summed E-state index contributed by atoms with van der Waals surface area (Å²) in [5.41, 5.74) is 2.06. The van der Waals surface area contributed by atoms with Crippen LogP contribution in [0.2, 0.25) is 0 Å². The molecule has 1 aromatic carbocycles. The van der Waals surface area contributed by atoms with E-state index < -0.39 is 0 Å². The van der Waals surface area contributed by atoms with Gasteiger partial charge < -0.3 is 0 Å². The third-order valence-electron chi connectivity index (χ3n) is 1.34. The Balaban J connectivity index is 3.12. The quantitative estimate of drug-likeness (QED) is 0.457. The van der Waals surface area contributed by atoms with Gasteiger partial charge in [0.2, 0.25) is 0 Å². The Bertz CT molecular complexity index is 258. The van der Waals surface area contributed by atoms with Gasteiger partial charge in [-0.15, -0.1) is 6.42 Å². The standard InChI is InChI=1S/C9H8S/c1-2-8-5-3-4-6-9(8)7-10/h1,3-6,10H,7H2. The van der Waals surface area contributed by atoms with Crippen molar-refractivity contribution in [2.75, 3.05) is 0 Å². The van der Waals surface area contributed by atoms with Crippen LogP contribution in [-0.2, 0) is 5.75 Å². The molecule has 0 N–H and O–H groups in total. The highest BCUT2D eigenvalue weighted by atomic mass is 32.1. The molecule has 10 heavy (non-hydrogen) atoms. The highest BCUT2D eigenvalue weighted by Gasteiger charge is 1.93. The topological polar surface area (TPSA) is 0 Å². The van der Waals surface area contributed by atoms with Crippen LogP contribution in [0.4, 0.5) is 0 Å². The fourth-order valence-electron chi connectivity index (χ4n) is 0.799. The summed E-state index contributed by atoms with van der Waals surface area (Å²) >= 11 is 4.14. The van der Waals surface area contributed by atoms with E-state index in [1.807, 2.05) is 24.3 Å². The molecule has 0 amide bonds. The van der Waals surface area contributed by atoms with Crippen molar-refractivity contribution in [3.63, 3.8) is 0 Å². The number of hydrogen-bond acceptors (Lipinski definition) is 1. The van der Waals surface area contributed by atoms with Gasteiger partial charge in [0.05, 0.1) is 0 Å². The van der Waals surface area contributed by atoms with E-state index in [1.165, 1.54) is 0 Å². The van der Waals surface area contributed by atoms with Gasteiger partial charge in [-0.25, -0.2) is 0 Å². The van der Waals surface area contributed by atoms with E-state index in [2.05, 4.69) is 18.5 Å². The summed E-state index contributed by atoms with van der Waals surface area (Å²) in [6, 6.07) is 7.81. The summed E-state index contributed by atoms with van der Waals surface area (Å²) in [4.78, 5) is 0. The molecule has 0 aliphatic heterocycles. The molecule has 0 aliphatic rings. The third kappa shape index (κ3) is 1.34. The Kier molecular flexibility index (Phi) is 2.42. The molecule has 0 aromatic heterocycles. The van der Waals surface area contributed by atoms with Crippen LogP contribution in [0.25, 0.3) is 0 Å². The van der Waals surface area contributed by atoms with Crippen LogP contribution < -0.4 is 0 Å². The molecule has 0 bridgehead atoms. The molecule has 1 rings (SSSR count). The van der Waals surface area contributed by atoms with Crippen molar-refractivity contribution in [3.05, 3.63) is 35.4 Å². The zero-order chi connectivity index (χ0) is 7.40. The molecule has 50 valence electrons. The second-order valence-corrected chi connectivity index (χ2v) is 2.28. The van der Waals surface area contributed by atoms with Gasteiger partial charge in [0, 0.05) is 11.3 Å². The second kappa shape index (κ2) is 3.34. The first-order chi connectivity index (χ1) is 4.88. The minimum absolute atomic E-state index is 0.709. The Morgan fingerprint density at radius 2 is 2.10 bits per heavy atom. The molecule has 1 heteroatoms. The molecule has 0 saturated carbocycles. The van der Waals surface area contributed by atoms with Crippen LogP contribution in [0, 0.1) is 12.3 Å². The lowest BCUT2D eigenvalue weighted by Crippen LogP contribution is -1.82. The Labute approximate surface area is 66.7 Å². The van der Waals surface area contributed by atoms with Gasteiger partial charge in [0.15, 0.2) is 0 Å². The minimum atomic E-state index is 0.709. The van der Waals surface area contributed by atoms with Crippen LogP contribution in [0.3, 0.4) is 0 Å². The molecule has 0 fully saturated rings. The largest absolute Gasteiger partial charge is 0.175 e. The minimum Gasteiger partial charge on any atom is -0.175 e. The molecular weight excluding hydrogens is 140 g/mol. The Morgan fingerprint density at radius 3 is 2.60 bits per heavy atom. The maximum Gasteiger partial charge on any atom is 0.0282 e. The first-order valence-electron chi connectivity index (χ1n) is 3.04. The maximum absolute atomic E-state index is 5.24. The van der Waals surface area contributed by atoms with Crippen molar-refractivity contribution >= 4 is 12.6 Å². The van der Waals surface area contributed by atoms with Crippen molar-refractivity contribution in [1.29, 1.82) is 0 Å². The van der Waals surface area contributed by atoms with Gasteiger partial charge in [0.1, 0.15) is 0 Å². The lowest BCUT2D eigenvalue weighted by Gasteiger charge is -1.97. The predicted molar refractivity (Wildman–Crippen MR) is 47.1 cm³/mol. The van der Waals surface area contributed by atoms with Gasteiger partial charge in [-0.3, -0.25) is 0 Å². The van der Waals surface area contributed by atoms with E-state index in [1.54, 1.807) is 0 Å². The SMILES string of the molecule is C#Cc1ccccc1CS. The summed E-state index contributed by atoms with van der Waals surface area (Å²) < 4.78 is 0. The van der Waals surface area contributed by atoms with E-state index in [-0.39, 0.29) is 0 Å². The van der Waals surface area contributed by atoms with Gasteiger partial charge >= 0.3 is 0 Å². The number of terminal acetylenes is 1. The van der Waals surface area contributed by atoms with Gasteiger partial charge in [0.25, 0.3) is 0 Å². The van der Waals surface area contributed by atoms with E-state index in [4.69, 9.17) is 6.42 Å². The Hall–Kier alpha value is -0.870. The normalized spacial score (nSPS) is 8.80. The summed E-state index contributed by atoms with van der Waals surface area (Å²) in [5.74, 6) is 3.31. The van der Waals surface area contributed by atoms with E-state index in [0.29, 0.717) is 5.75 Å². The van der Waals surface area contributed by atoms with Crippen LogP contribution >= 0.6 is 12.6 Å². The van der Waals surface area contributed by atoms with Gasteiger partial charge in [-0.05, 0) is 11.6 Å². The molecule has 0 nitrogen and oxygen atoms in total. The average molecular weight is 148 g/mol. The zero-order valence-electron chi connectivity index (χ0n) is 5.54. The summed E-state index contributed by atoms with van der Waals surface area (Å²) in [7, 11) is 0. The van der Waals surface area contributed by atoms with Crippen molar-refractivity contribution in [2.24, 2.45) is 0 Å². The molecule has 0 spiro atoms. The average Bonchev–Trinajstić information content (AvgIpc) is 2.04. The molecule has 0 atom stereocenters. The monoisotopic (exact) mass is 148 g/mol. The number of rotatable bonds is 1. The summed E-state index contributed by atoms with van der Waals surface area (Å²) in [6.45, 7) is 0. The van der Waals surface area contributed by atoms with Crippen molar-refractivity contribution in [2.45, 2.75) is 5.75 Å². The molecule has 0 unspecified atom stereocenters. The van der Waals surface area contributed by atoms with Gasteiger partial charge in [-0.2, -0.15) is 12.6 Å². The first-order valence-corrected chi connectivity index (χ1v) is 3.67. The fraction of sp³-hybridized carbons (Fsp3) is 0.111. The first kappa shape index (κ1) is 7.24. The molecule has 0 saturated heterocycles. The Morgan fingerprint density at radius 1 is 1.40 bits per heavy atom. The smallest absolute Gasteiger partial charge is 0.0282 e. The third-order valence-corrected chi connectivity index (χ3v) is 1.68. The molecule has 0 aliphatic carbocycles. The highest BCUT2D eigenvalue weighted by molar-refractivity contribution is 7.79. The second-order valence-electron chi connectivity index (χ2n) is 1.96. The lowest BCUT2D eigenvalue weighted by molar-refractivity contribution is 1.40. The maximum atomic E-state index is 5.24. The summed E-state index contributed by atoms with van der Waals surface area (Å²) in [6.07, 6.45) is 5.24. The van der Waals surface area contributed by atoms with Crippen molar-refractivity contribution in [3.8, 4) is 12.3 Å². The summed E-state index contributed by atoms with van der Waals surface area (Å²) in [5, 5.41) is 0. The van der Waals surface area contributed by atoms with Crippen LogP contribution in [0.5, 0.6) is 0 Å². The van der Waals surface area contributed by atoms with Gasteiger partial charge in [-0.1, -0.05) is 24.1 Å². The molecule has 0 radical (unpaired) electrons. The molecule has 0 heterocycles. The number of hydrogen-bond donors (Lipinski definition) is 1. The number of thiol groups is 1. The van der Waals surface area contributed by atoms with Crippen LogP contribution in [-0.4, -0.2) is 0 Å². The van der Waals surface area contributed by atoms with Crippen LogP contribution in [0.1, 0.15) is 11.1 Å². The van der Waals surface area contributed by atoms with E-state index in [0.717, 1.165) is 11.1 Å². The van der Waals surface area contributed by atoms with E-state index >= 15 is 0 Å². The molecular formula is C9H8S. The van der Waals surface area contributed by atoms with Crippen molar-refractivity contribution < 1.29 is 0 Å². The predicted octanol–water partition coefficient (Wildman–Crippen LogP) is 2.10. The lowest BCUT2D eigenvalue weighted by atomic mass is 10.1. The zero-order valence-corrected chi connectivity index (χ0v) is 6.44. The fourth-order valence-corrected chi connectivity index (χ4v) is 1.07.